The molecule has 0 aromatic heterocycles. The van der Waals surface area contributed by atoms with Gasteiger partial charge in [0.15, 0.2) is 5.79 Å². The third-order valence-corrected chi connectivity index (χ3v) is 6.08. The van der Waals surface area contributed by atoms with Gasteiger partial charge in [0.05, 0.1) is 19.8 Å². The van der Waals surface area contributed by atoms with Gasteiger partial charge in [0.2, 0.25) is 10.0 Å². The Morgan fingerprint density at radius 1 is 1.29 bits per heavy atom. The fourth-order valence-electron chi connectivity index (χ4n) is 3.34. The molecule has 1 aromatic rings. The summed E-state index contributed by atoms with van der Waals surface area (Å²) in [6.45, 7) is 2.47. The van der Waals surface area contributed by atoms with E-state index < -0.39 is 15.8 Å². The molecule has 2 fully saturated rings. The highest BCUT2D eigenvalue weighted by Crippen LogP contribution is 2.37. The van der Waals surface area contributed by atoms with Crippen molar-refractivity contribution in [1.82, 2.24) is 4.72 Å². The van der Waals surface area contributed by atoms with Gasteiger partial charge in [-0.3, -0.25) is 0 Å². The minimum atomic E-state index is -3.67. The molecule has 7 heteroatoms. The van der Waals surface area contributed by atoms with Crippen molar-refractivity contribution in [3.05, 3.63) is 23.8 Å². The first-order chi connectivity index (χ1) is 11.4. The second-order valence-corrected chi connectivity index (χ2v) is 8.26. The van der Waals surface area contributed by atoms with E-state index in [9.17, 15) is 8.42 Å². The summed E-state index contributed by atoms with van der Waals surface area (Å²) < 4.78 is 44.9. The lowest BCUT2D eigenvalue weighted by molar-refractivity contribution is -0.186. The summed E-state index contributed by atoms with van der Waals surface area (Å²) in [6.07, 6.45) is 4.93. The number of hydrogen-bond acceptors (Lipinski definition) is 5. The van der Waals surface area contributed by atoms with Crippen LogP contribution >= 0.6 is 0 Å². The monoisotopic (exact) mass is 355 g/mol. The molecule has 1 heterocycles. The Bertz CT molecular complexity index is 682. The Balaban J connectivity index is 1.65. The molecule has 1 saturated carbocycles. The zero-order chi connectivity index (χ0) is 17.2. The predicted octanol–water partition coefficient (Wildman–Crippen LogP) is 2.36. The molecule has 0 unspecified atom stereocenters. The lowest BCUT2D eigenvalue weighted by atomic mass is 9.94. The summed E-state index contributed by atoms with van der Waals surface area (Å²) in [7, 11) is -2.20. The second-order valence-electron chi connectivity index (χ2n) is 6.53. The number of ether oxygens (including phenoxy) is 3. The van der Waals surface area contributed by atoms with E-state index in [1.54, 1.807) is 12.1 Å². The first-order valence-electron chi connectivity index (χ1n) is 8.40. The molecule has 0 amide bonds. The molecule has 24 heavy (non-hydrogen) atoms. The Kier molecular flexibility index (Phi) is 5.15. The third-order valence-electron chi connectivity index (χ3n) is 4.64. The summed E-state index contributed by atoms with van der Waals surface area (Å²) in [5.41, 5.74) is 0.859. The van der Waals surface area contributed by atoms with Gasteiger partial charge in [-0.05, 0) is 37.5 Å². The maximum absolute atomic E-state index is 12.6. The number of nitrogens with one attached hydrogen (secondary N) is 1. The van der Waals surface area contributed by atoms with E-state index in [2.05, 4.69) is 4.72 Å². The zero-order valence-electron chi connectivity index (χ0n) is 14.2. The van der Waals surface area contributed by atoms with Gasteiger partial charge in [-0.25, -0.2) is 13.1 Å². The van der Waals surface area contributed by atoms with Crippen LogP contribution in [0.3, 0.4) is 0 Å². The lowest BCUT2D eigenvalue weighted by Crippen LogP contribution is -2.37. The van der Waals surface area contributed by atoms with Crippen molar-refractivity contribution >= 4 is 10.0 Å². The molecule has 2 aliphatic rings. The Morgan fingerprint density at radius 2 is 2.04 bits per heavy atom. The van der Waals surface area contributed by atoms with Crippen LogP contribution in [0.5, 0.6) is 5.75 Å². The van der Waals surface area contributed by atoms with Crippen LogP contribution in [0.15, 0.2) is 23.1 Å². The van der Waals surface area contributed by atoms with Gasteiger partial charge in [0, 0.05) is 19.4 Å². The lowest BCUT2D eigenvalue weighted by Gasteiger charge is -2.31. The van der Waals surface area contributed by atoms with Crippen molar-refractivity contribution in [2.45, 2.75) is 55.8 Å². The number of aryl methyl sites for hydroxylation is 1. The van der Waals surface area contributed by atoms with Crippen molar-refractivity contribution in [2.24, 2.45) is 0 Å². The number of hydrogen-bond donors (Lipinski definition) is 1. The topological polar surface area (TPSA) is 73.9 Å². The normalized spacial score (nSPS) is 23.5. The summed E-state index contributed by atoms with van der Waals surface area (Å²) in [6, 6.07) is 5.09. The van der Waals surface area contributed by atoms with E-state index in [0.29, 0.717) is 12.4 Å². The Hall–Kier alpha value is -1.15. The van der Waals surface area contributed by atoms with Crippen LogP contribution in [0.4, 0.5) is 0 Å². The molecular weight excluding hydrogens is 330 g/mol. The molecule has 1 aliphatic heterocycles. The third kappa shape index (κ3) is 3.74. The molecule has 1 spiro atoms. The molecule has 1 saturated heterocycles. The van der Waals surface area contributed by atoms with Gasteiger partial charge < -0.3 is 14.2 Å². The summed E-state index contributed by atoms with van der Waals surface area (Å²) in [4.78, 5) is 0.149. The maximum atomic E-state index is 12.6. The van der Waals surface area contributed by atoms with Crippen LogP contribution in [-0.4, -0.2) is 40.6 Å². The fourth-order valence-corrected chi connectivity index (χ4v) is 4.66. The molecule has 0 radical (unpaired) electrons. The van der Waals surface area contributed by atoms with Crippen LogP contribution < -0.4 is 9.46 Å². The predicted molar refractivity (Wildman–Crippen MR) is 89.6 cm³/mol. The minimum Gasteiger partial charge on any atom is -0.495 e. The van der Waals surface area contributed by atoms with Gasteiger partial charge in [-0.2, -0.15) is 0 Å². The minimum absolute atomic E-state index is 0.149. The van der Waals surface area contributed by atoms with Gasteiger partial charge in [0.25, 0.3) is 0 Å². The van der Waals surface area contributed by atoms with Crippen molar-refractivity contribution in [3.63, 3.8) is 0 Å². The molecule has 134 valence electrons. The molecule has 6 nitrogen and oxygen atoms in total. The largest absolute Gasteiger partial charge is 0.495 e. The average molecular weight is 355 g/mol. The standard InChI is InChI=1S/C17H25NO5S/c1-13-6-7-15(21-2)16(10-13)24(19,20)18-11-14-12-22-17(23-14)8-4-3-5-9-17/h6-7,10,14,18H,3-5,8-9,11-12H2,1-2H3/t14-/m0/s1. The van der Waals surface area contributed by atoms with Crippen molar-refractivity contribution in [1.29, 1.82) is 0 Å². The highest BCUT2D eigenvalue weighted by Gasteiger charge is 2.42. The van der Waals surface area contributed by atoms with E-state index in [4.69, 9.17) is 14.2 Å². The zero-order valence-corrected chi connectivity index (χ0v) is 15.0. The highest BCUT2D eigenvalue weighted by atomic mass is 32.2. The summed E-state index contributed by atoms with van der Waals surface area (Å²) >= 11 is 0. The SMILES string of the molecule is COc1ccc(C)cc1S(=O)(=O)NC[C@H]1COC2(CCCCC2)O1. The van der Waals surface area contributed by atoms with Crippen LogP contribution in [-0.2, 0) is 19.5 Å². The van der Waals surface area contributed by atoms with Crippen molar-refractivity contribution in [2.75, 3.05) is 20.3 Å². The summed E-state index contributed by atoms with van der Waals surface area (Å²) in [5, 5.41) is 0. The van der Waals surface area contributed by atoms with Gasteiger partial charge in [0.1, 0.15) is 10.6 Å². The molecule has 1 atom stereocenters. The first-order valence-corrected chi connectivity index (χ1v) is 9.88. The number of methoxy groups -OCH3 is 1. The van der Waals surface area contributed by atoms with E-state index in [0.717, 1.165) is 31.2 Å². The Labute approximate surface area is 143 Å². The van der Waals surface area contributed by atoms with Gasteiger partial charge in [-0.1, -0.05) is 12.5 Å². The van der Waals surface area contributed by atoms with Crippen LogP contribution in [0.2, 0.25) is 0 Å². The summed E-state index contributed by atoms with van der Waals surface area (Å²) in [5.74, 6) is -0.157. The number of benzene rings is 1. The van der Waals surface area contributed by atoms with Crippen LogP contribution in [0.1, 0.15) is 37.7 Å². The molecule has 1 aliphatic carbocycles. The number of rotatable bonds is 5. The smallest absolute Gasteiger partial charge is 0.244 e. The number of sulfonamides is 1. The van der Waals surface area contributed by atoms with Gasteiger partial charge in [-0.15, -0.1) is 0 Å². The van der Waals surface area contributed by atoms with Crippen LogP contribution in [0.25, 0.3) is 0 Å². The van der Waals surface area contributed by atoms with Crippen molar-refractivity contribution < 1.29 is 22.6 Å². The van der Waals surface area contributed by atoms with E-state index in [-0.39, 0.29) is 17.5 Å². The maximum Gasteiger partial charge on any atom is 0.244 e. The molecule has 3 rings (SSSR count). The fraction of sp³-hybridized carbons (Fsp3) is 0.647. The average Bonchev–Trinajstić information content (AvgIpc) is 2.96. The Morgan fingerprint density at radius 3 is 2.75 bits per heavy atom. The van der Waals surface area contributed by atoms with E-state index in [1.165, 1.54) is 13.5 Å². The van der Waals surface area contributed by atoms with Crippen molar-refractivity contribution in [3.8, 4) is 5.75 Å². The molecule has 1 aromatic carbocycles. The first kappa shape index (κ1) is 17.7. The molecule has 0 bridgehead atoms. The molecule has 1 N–H and O–H groups in total. The van der Waals surface area contributed by atoms with E-state index >= 15 is 0 Å². The second kappa shape index (κ2) is 7.00. The van der Waals surface area contributed by atoms with Gasteiger partial charge >= 0.3 is 0 Å². The van der Waals surface area contributed by atoms with Crippen LogP contribution in [0, 0.1) is 6.92 Å². The molecular formula is C17H25NO5S. The highest BCUT2D eigenvalue weighted by molar-refractivity contribution is 7.89. The van der Waals surface area contributed by atoms with E-state index in [1.807, 2.05) is 13.0 Å². The quantitative estimate of drug-likeness (QED) is 0.878.